The molecule has 0 saturated carbocycles. The number of hydrogen-bond acceptors (Lipinski definition) is 2. The Bertz CT molecular complexity index is 1070. The molecule has 4 heteroatoms. The van der Waals surface area contributed by atoms with Crippen LogP contribution >= 0.6 is 23.2 Å². The van der Waals surface area contributed by atoms with Gasteiger partial charge in [-0.25, -0.2) is 0 Å². The fourth-order valence-electron chi connectivity index (χ4n) is 2.82. The first-order valence-corrected chi connectivity index (χ1v) is 9.51. The minimum absolute atomic E-state index is 0.302. The van der Waals surface area contributed by atoms with Crippen LogP contribution in [0.1, 0.15) is 0 Å². The summed E-state index contributed by atoms with van der Waals surface area (Å²) in [6.07, 6.45) is 0. The van der Waals surface area contributed by atoms with Crippen LogP contribution in [0.2, 0.25) is 10.0 Å². The Balaban J connectivity index is 1.90. The van der Waals surface area contributed by atoms with Crippen LogP contribution < -0.4 is 9.47 Å². The highest BCUT2D eigenvalue weighted by Crippen LogP contribution is 2.49. The average Bonchev–Trinajstić information content (AvgIpc) is 2.75. The van der Waals surface area contributed by atoms with Gasteiger partial charge in [0.15, 0.2) is 11.5 Å². The van der Waals surface area contributed by atoms with Crippen LogP contribution in [-0.4, -0.2) is 0 Å². The molecule has 0 N–H and O–H groups in total. The second-order valence-corrected chi connectivity index (χ2v) is 6.86. The molecule has 0 radical (unpaired) electrons. The Labute approximate surface area is 173 Å². The third-order valence-corrected chi connectivity index (χ3v) is 4.91. The minimum atomic E-state index is 0.302. The number of hydrogen-bond donors (Lipinski definition) is 0. The van der Waals surface area contributed by atoms with Crippen LogP contribution in [0.4, 0.5) is 0 Å². The van der Waals surface area contributed by atoms with E-state index < -0.39 is 0 Å². The molecule has 4 aromatic rings. The van der Waals surface area contributed by atoms with Gasteiger partial charge in [-0.15, -0.1) is 0 Å². The summed E-state index contributed by atoms with van der Waals surface area (Å²) in [5, 5.41) is 0.697. The van der Waals surface area contributed by atoms with E-state index in [0.29, 0.717) is 33.0 Å². The molecule has 0 saturated heterocycles. The zero-order chi connectivity index (χ0) is 19.3. The smallest absolute Gasteiger partial charge is 0.190 e. The third-order valence-electron chi connectivity index (χ3n) is 4.14. The van der Waals surface area contributed by atoms with Gasteiger partial charge >= 0.3 is 0 Å². The number of benzene rings is 4. The lowest BCUT2D eigenvalue weighted by Gasteiger charge is -2.18. The summed E-state index contributed by atoms with van der Waals surface area (Å²) in [5.41, 5.74) is 1.75. The van der Waals surface area contributed by atoms with Crippen LogP contribution in [-0.2, 0) is 0 Å². The van der Waals surface area contributed by atoms with E-state index in [4.69, 9.17) is 32.7 Å². The van der Waals surface area contributed by atoms with Crippen molar-refractivity contribution in [1.82, 2.24) is 0 Å². The molecule has 4 aromatic carbocycles. The molecule has 2 nitrogen and oxygen atoms in total. The summed E-state index contributed by atoms with van der Waals surface area (Å²) < 4.78 is 12.3. The summed E-state index contributed by atoms with van der Waals surface area (Å²) in [4.78, 5) is 0. The largest absolute Gasteiger partial charge is 0.453 e. The highest BCUT2D eigenvalue weighted by atomic mass is 35.5. The zero-order valence-electron chi connectivity index (χ0n) is 14.8. The van der Waals surface area contributed by atoms with Gasteiger partial charge in [0.25, 0.3) is 0 Å². The SMILES string of the molecule is Clc1cc(-c2ccccc2)c(Oc2ccccc2)c(Oc2ccccc2)c1Cl. The molecular formula is C24H16Cl2O2. The van der Waals surface area contributed by atoms with Crippen molar-refractivity contribution in [2.45, 2.75) is 0 Å². The van der Waals surface area contributed by atoms with Crippen molar-refractivity contribution in [1.29, 1.82) is 0 Å². The lowest BCUT2D eigenvalue weighted by Crippen LogP contribution is -1.95. The molecule has 0 aromatic heterocycles. The monoisotopic (exact) mass is 406 g/mol. The molecule has 0 unspecified atom stereocenters. The minimum Gasteiger partial charge on any atom is -0.453 e. The molecule has 138 valence electrons. The maximum Gasteiger partial charge on any atom is 0.190 e. The van der Waals surface area contributed by atoms with E-state index in [1.165, 1.54) is 0 Å². The maximum atomic E-state index is 6.54. The van der Waals surface area contributed by atoms with Gasteiger partial charge in [0.2, 0.25) is 0 Å². The molecular weight excluding hydrogens is 391 g/mol. The lowest BCUT2D eigenvalue weighted by atomic mass is 10.0. The topological polar surface area (TPSA) is 18.5 Å². The van der Waals surface area contributed by atoms with Gasteiger partial charge in [0.1, 0.15) is 16.5 Å². The Morgan fingerprint density at radius 2 is 1.00 bits per heavy atom. The van der Waals surface area contributed by atoms with Gasteiger partial charge in [-0.05, 0) is 35.9 Å². The molecule has 0 fully saturated rings. The molecule has 0 amide bonds. The highest BCUT2D eigenvalue weighted by Gasteiger charge is 2.21. The summed E-state index contributed by atoms with van der Waals surface area (Å²) in [5.74, 6) is 2.21. The zero-order valence-corrected chi connectivity index (χ0v) is 16.3. The van der Waals surface area contributed by atoms with E-state index in [-0.39, 0.29) is 0 Å². The Morgan fingerprint density at radius 3 is 1.54 bits per heavy atom. The van der Waals surface area contributed by atoms with Crippen molar-refractivity contribution in [2.24, 2.45) is 0 Å². The van der Waals surface area contributed by atoms with E-state index in [9.17, 15) is 0 Å². The first-order chi connectivity index (χ1) is 13.7. The van der Waals surface area contributed by atoms with E-state index in [2.05, 4.69) is 0 Å². The van der Waals surface area contributed by atoms with Crippen LogP contribution in [0.15, 0.2) is 97.1 Å². The normalized spacial score (nSPS) is 10.5. The molecule has 4 rings (SSSR count). The van der Waals surface area contributed by atoms with Gasteiger partial charge in [0.05, 0.1) is 5.02 Å². The number of halogens is 2. The standard InChI is InChI=1S/C24H16Cl2O2/c25-21-16-20(17-10-4-1-5-11-17)23(27-18-12-6-2-7-13-18)24(22(21)26)28-19-14-8-3-9-15-19/h1-16H. The second kappa shape index (κ2) is 8.39. The third kappa shape index (κ3) is 3.99. The molecule has 0 aliphatic rings. The molecule has 28 heavy (non-hydrogen) atoms. The van der Waals surface area contributed by atoms with Gasteiger partial charge in [0, 0.05) is 5.56 Å². The van der Waals surface area contributed by atoms with E-state index in [1.54, 1.807) is 6.07 Å². The van der Waals surface area contributed by atoms with Crippen LogP contribution in [0.3, 0.4) is 0 Å². The van der Waals surface area contributed by atoms with Crippen molar-refractivity contribution in [3.05, 3.63) is 107 Å². The fourth-order valence-corrected chi connectivity index (χ4v) is 3.20. The number of rotatable bonds is 5. The summed E-state index contributed by atoms with van der Waals surface area (Å²) in [6, 6.07) is 30.6. The Hall–Kier alpha value is -2.94. The Morgan fingerprint density at radius 1 is 0.536 bits per heavy atom. The predicted molar refractivity (Wildman–Crippen MR) is 115 cm³/mol. The van der Waals surface area contributed by atoms with Crippen molar-refractivity contribution < 1.29 is 9.47 Å². The van der Waals surface area contributed by atoms with Crippen molar-refractivity contribution in [2.75, 3.05) is 0 Å². The van der Waals surface area contributed by atoms with Crippen LogP contribution in [0, 0.1) is 0 Å². The van der Waals surface area contributed by atoms with Crippen molar-refractivity contribution in [3.8, 4) is 34.1 Å². The van der Waals surface area contributed by atoms with Gasteiger partial charge in [-0.3, -0.25) is 0 Å². The molecule has 0 aliphatic heterocycles. The van der Waals surface area contributed by atoms with E-state index in [0.717, 1.165) is 11.1 Å². The highest BCUT2D eigenvalue weighted by molar-refractivity contribution is 6.43. The quantitative estimate of drug-likeness (QED) is 0.332. The van der Waals surface area contributed by atoms with Crippen LogP contribution in [0.5, 0.6) is 23.0 Å². The predicted octanol–water partition coefficient (Wildman–Crippen LogP) is 8.25. The van der Waals surface area contributed by atoms with Crippen LogP contribution in [0.25, 0.3) is 11.1 Å². The van der Waals surface area contributed by atoms with Gasteiger partial charge in [-0.1, -0.05) is 89.9 Å². The summed E-state index contributed by atoms with van der Waals surface area (Å²) >= 11 is 13.0. The molecule has 0 atom stereocenters. The molecule has 0 bridgehead atoms. The van der Waals surface area contributed by atoms with E-state index >= 15 is 0 Å². The van der Waals surface area contributed by atoms with Gasteiger partial charge in [-0.2, -0.15) is 0 Å². The number of ether oxygens (including phenoxy) is 2. The van der Waals surface area contributed by atoms with E-state index in [1.807, 2.05) is 91.0 Å². The average molecular weight is 407 g/mol. The summed E-state index contributed by atoms with van der Waals surface area (Å²) in [6.45, 7) is 0. The molecule has 0 aliphatic carbocycles. The molecule has 0 heterocycles. The second-order valence-electron chi connectivity index (χ2n) is 6.07. The lowest BCUT2D eigenvalue weighted by molar-refractivity contribution is 0.420. The molecule has 0 spiro atoms. The van der Waals surface area contributed by atoms with Gasteiger partial charge < -0.3 is 9.47 Å². The first kappa shape index (κ1) is 18.4. The van der Waals surface area contributed by atoms with Crippen molar-refractivity contribution >= 4 is 23.2 Å². The number of para-hydroxylation sites is 2. The summed E-state index contributed by atoms with van der Waals surface area (Å²) in [7, 11) is 0. The first-order valence-electron chi connectivity index (χ1n) is 8.75. The fraction of sp³-hybridized carbons (Fsp3) is 0. The van der Waals surface area contributed by atoms with Crippen molar-refractivity contribution in [3.63, 3.8) is 0 Å². The maximum absolute atomic E-state index is 6.54. The Kier molecular flexibility index (Phi) is 5.52.